The van der Waals surface area contributed by atoms with Gasteiger partial charge in [0.2, 0.25) is 5.91 Å². The van der Waals surface area contributed by atoms with Crippen LogP contribution in [0.4, 0.5) is 0 Å². The maximum absolute atomic E-state index is 12.1. The van der Waals surface area contributed by atoms with Crippen molar-refractivity contribution in [2.45, 2.75) is 26.3 Å². The number of aryl methyl sites for hydroxylation is 1. The summed E-state index contributed by atoms with van der Waals surface area (Å²) in [7, 11) is 0. The molecule has 0 radical (unpaired) electrons. The summed E-state index contributed by atoms with van der Waals surface area (Å²) in [6.45, 7) is 3.58. The fourth-order valence-electron chi connectivity index (χ4n) is 2.95. The molecule has 0 atom stereocenters. The molecule has 1 heterocycles. The Kier molecular flexibility index (Phi) is 6.54. The highest BCUT2D eigenvalue weighted by Crippen LogP contribution is 2.22. The van der Waals surface area contributed by atoms with Crippen molar-refractivity contribution in [3.63, 3.8) is 0 Å². The molecule has 0 unspecified atom stereocenters. The molecule has 0 aliphatic heterocycles. The summed E-state index contributed by atoms with van der Waals surface area (Å²) in [6, 6.07) is 13.3. The molecule has 3 aromatic rings. The molecule has 0 aliphatic carbocycles. The van der Waals surface area contributed by atoms with E-state index >= 15 is 0 Å². The summed E-state index contributed by atoms with van der Waals surface area (Å²) >= 11 is 12.0. The number of fused-ring (bicyclic) bond motifs is 1. The molecule has 0 saturated heterocycles. The molecular weight excluding hydrogens is 381 g/mol. The van der Waals surface area contributed by atoms with Crippen molar-refractivity contribution < 1.29 is 4.79 Å². The number of carbonyl (C=O) groups is 1. The lowest BCUT2D eigenvalue weighted by Gasteiger charge is -2.08. The highest BCUT2D eigenvalue weighted by molar-refractivity contribution is 6.35. The molecule has 1 aromatic heterocycles. The second kappa shape index (κ2) is 9.07. The van der Waals surface area contributed by atoms with Crippen LogP contribution < -0.4 is 5.32 Å². The van der Waals surface area contributed by atoms with Gasteiger partial charge < -0.3 is 9.88 Å². The number of nitrogens with one attached hydrogen (secondary N) is 1. The Morgan fingerprint density at radius 2 is 2.04 bits per heavy atom. The van der Waals surface area contributed by atoms with Gasteiger partial charge in [-0.2, -0.15) is 0 Å². The predicted molar refractivity (Wildman–Crippen MR) is 112 cm³/mol. The maximum Gasteiger partial charge on any atom is 0.244 e. The third-order valence-corrected chi connectivity index (χ3v) is 4.77. The maximum atomic E-state index is 12.1. The van der Waals surface area contributed by atoms with Crippen LogP contribution in [0.15, 0.2) is 48.5 Å². The predicted octanol–water partition coefficient (Wildman–Crippen LogP) is 5.13. The lowest BCUT2D eigenvalue weighted by atomic mass is 10.2. The number of halogens is 2. The van der Waals surface area contributed by atoms with Gasteiger partial charge in [-0.25, -0.2) is 4.98 Å². The quantitative estimate of drug-likeness (QED) is 0.558. The standard InChI is InChI=1S/C21H21Cl2N3O/c1-2-13-26-19-6-4-3-5-18(19)25-20(26)11-12-24-21(27)10-8-15-7-9-16(22)14-17(15)23/h3-10,14H,2,11-13H2,1H3,(H,24,27)/b10-8+. The Balaban J connectivity index is 1.61. The smallest absolute Gasteiger partial charge is 0.244 e. The van der Waals surface area contributed by atoms with E-state index in [0.29, 0.717) is 23.0 Å². The zero-order valence-corrected chi connectivity index (χ0v) is 16.6. The average Bonchev–Trinajstić information content (AvgIpc) is 2.99. The minimum atomic E-state index is -0.167. The largest absolute Gasteiger partial charge is 0.352 e. The van der Waals surface area contributed by atoms with Gasteiger partial charge in [-0.1, -0.05) is 48.3 Å². The first-order valence-corrected chi connectivity index (χ1v) is 9.69. The number of imidazole rings is 1. The zero-order valence-electron chi connectivity index (χ0n) is 15.1. The summed E-state index contributed by atoms with van der Waals surface area (Å²) in [6.07, 6.45) is 4.87. The van der Waals surface area contributed by atoms with Gasteiger partial charge in [-0.15, -0.1) is 0 Å². The summed E-state index contributed by atoms with van der Waals surface area (Å²) in [4.78, 5) is 16.8. The molecule has 140 valence electrons. The zero-order chi connectivity index (χ0) is 19.2. The van der Waals surface area contributed by atoms with Gasteiger partial charge >= 0.3 is 0 Å². The second-order valence-corrected chi connectivity index (χ2v) is 7.05. The van der Waals surface area contributed by atoms with Gasteiger partial charge in [-0.3, -0.25) is 4.79 Å². The first-order valence-electron chi connectivity index (χ1n) is 8.93. The molecule has 6 heteroatoms. The third-order valence-electron chi connectivity index (χ3n) is 4.21. The van der Waals surface area contributed by atoms with Crippen molar-refractivity contribution in [1.29, 1.82) is 0 Å². The molecule has 0 fully saturated rings. The molecule has 4 nitrogen and oxygen atoms in total. The van der Waals surface area contributed by atoms with Crippen molar-refractivity contribution in [1.82, 2.24) is 14.9 Å². The first kappa shape index (κ1) is 19.5. The van der Waals surface area contributed by atoms with Gasteiger partial charge in [0.15, 0.2) is 0 Å². The molecule has 0 aliphatic rings. The summed E-state index contributed by atoms with van der Waals surface area (Å²) < 4.78 is 2.23. The number of rotatable bonds is 7. The van der Waals surface area contributed by atoms with Crippen LogP contribution in [-0.4, -0.2) is 22.0 Å². The summed E-state index contributed by atoms with van der Waals surface area (Å²) in [5.74, 6) is 0.822. The molecule has 3 rings (SSSR count). The number of amides is 1. The van der Waals surface area contributed by atoms with Crippen molar-refractivity contribution in [3.8, 4) is 0 Å². The molecule has 27 heavy (non-hydrogen) atoms. The number of carbonyl (C=O) groups excluding carboxylic acids is 1. The number of hydrogen-bond acceptors (Lipinski definition) is 2. The minimum absolute atomic E-state index is 0.167. The lowest BCUT2D eigenvalue weighted by Crippen LogP contribution is -2.24. The van der Waals surface area contributed by atoms with Crippen molar-refractivity contribution in [3.05, 3.63) is 70.0 Å². The van der Waals surface area contributed by atoms with E-state index < -0.39 is 0 Å². The van der Waals surface area contributed by atoms with Crippen molar-refractivity contribution in [2.24, 2.45) is 0 Å². The van der Waals surface area contributed by atoms with Gasteiger partial charge in [-0.05, 0) is 42.3 Å². The SMILES string of the molecule is CCCn1c(CCNC(=O)/C=C/c2ccc(Cl)cc2Cl)nc2ccccc21. The monoisotopic (exact) mass is 401 g/mol. The fourth-order valence-corrected chi connectivity index (χ4v) is 3.42. The van der Waals surface area contributed by atoms with E-state index in [0.717, 1.165) is 35.4 Å². The highest BCUT2D eigenvalue weighted by Gasteiger charge is 2.09. The van der Waals surface area contributed by atoms with Gasteiger partial charge in [0.25, 0.3) is 0 Å². The summed E-state index contributed by atoms with van der Waals surface area (Å²) in [5.41, 5.74) is 2.88. The van der Waals surface area contributed by atoms with E-state index in [9.17, 15) is 4.79 Å². The first-order chi connectivity index (χ1) is 13.1. The molecular formula is C21H21Cl2N3O. The number of aromatic nitrogens is 2. The van der Waals surface area contributed by atoms with Crippen LogP contribution in [0.25, 0.3) is 17.1 Å². The van der Waals surface area contributed by atoms with E-state index in [-0.39, 0.29) is 5.91 Å². The number of benzene rings is 2. The minimum Gasteiger partial charge on any atom is -0.352 e. The Morgan fingerprint density at radius 1 is 1.22 bits per heavy atom. The number of hydrogen-bond donors (Lipinski definition) is 1. The van der Waals surface area contributed by atoms with E-state index in [1.54, 1.807) is 24.3 Å². The van der Waals surface area contributed by atoms with E-state index in [2.05, 4.69) is 22.9 Å². The van der Waals surface area contributed by atoms with Crippen molar-refractivity contribution in [2.75, 3.05) is 6.54 Å². The van der Waals surface area contributed by atoms with Crippen LogP contribution in [-0.2, 0) is 17.8 Å². The Labute approximate surface area is 168 Å². The van der Waals surface area contributed by atoms with E-state index in [4.69, 9.17) is 28.2 Å². The lowest BCUT2D eigenvalue weighted by molar-refractivity contribution is -0.116. The molecule has 0 spiro atoms. The molecule has 0 saturated carbocycles. The Morgan fingerprint density at radius 3 is 2.81 bits per heavy atom. The van der Waals surface area contributed by atoms with Crippen LogP contribution in [0, 0.1) is 0 Å². The Bertz CT molecular complexity index is 979. The van der Waals surface area contributed by atoms with Crippen LogP contribution in [0.2, 0.25) is 10.0 Å². The molecule has 1 N–H and O–H groups in total. The highest BCUT2D eigenvalue weighted by atomic mass is 35.5. The Hall–Kier alpha value is -2.30. The van der Waals surface area contributed by atoms with E-state index in [1.807, 2.05) is 18.2 Å². The van der Waals surface area contributed by atoms with Crippen LogP contribution in [0.5, 0.6) is 0 Å². The van der Waals surface area contributed by atoms with Gasteiger partial charge in [0.05, 0.1) is 11.0 Å². The average molecular weight is 402 g/mol. The molecule has 2 aromatic carbocycles. The molecule has 0 bridgehead atoms. The normalized spacial score (nSPS) is 11.4. The fraction of sp³-hybridized carbons (Fsp3) is 0.238. The van der Waals surface area contributed by atoms with Crippen LogP contribution >= 0.6 is 23.2 Å². The van der Waals surface area contributed by atoms with Gasteiger partial charge in [0.1, 0.15) is 5.82 Å². The summed E-state index contributed by atoms with van der Waals surface area (Å²) in [5, 5.41) is 3.98. The number of para-hydroxylation sites is 2. The number of nitrogens with zero attached hydrogens (tertiary/aromatic N) is 2. The van der Waals surface area contributed by atoms with E-state index in [1.165, 1.54) is 6.08 Å². The topological polar surface area (TPSA) is 46.9 Å². The third kappa shape index (κ3) is 4.90. The van der Waals surface area contributed by atoms with Gasteiger partial charge in [0, 0.05) is 35.6 Å². The van der Waals surface area contributed by atoms with Crippen LogP contribution in [0.1, 0.15) is 24.7 Å². The second-order valence-electron chi connectivity index (χ2n) is 6.21. The van der Waals surface area contributed by atoms with Crippen molar-refractivity contribution >= 4 is 46.2 Å². The molecule has 1 amide bonds. The van der Waals surface area contributed by atoms with Crippen LogP contribution in [0.3, 0.4) is 0 Å².